The van der Waals surface area contributed by atoms with Crippen molar-refractivity contribution >= 4 is 11.8 Å². The molecule has 0 bridgehead atoms. The molecule has 1 fully saturated rings. The summed E-state index contributed by atoms with van der Waals surface area (Å²) in [5.41, 5.74) is 1.32. The minimum Gasteiger partial charge on any atom is -0.477 e. The predicted molar refractivity (Wildman–Crippen MR) is 112 cm³/mol. The number of aromatic nitrogens is 1. The molecule has 0 unspecified atom stereocenters. The van der Waals surface area contributed by atoms with Crippen molar-refractivity contribution in [1.82, 2.24) is 15.2 Å². The number of piperidine rings is 1. The van der Waals surface area contributed by atoms with Crippen molar-refractivity contribution in [3.8, 4) is 5.88 Å². The van der Waals surface area contributed by atoms with Crippen LogP contribution in [0.15, 0.2) is 42.6 Å². The van der Waals surface area contributed by atoms with Crippen molar-refractivity contribution < 1.29 is 18.7 Å². The fraction of sp³-hybridized carbons (Fsp3) is 0.435. The van der Waals surface area contributed by atoms with E-state index in [2.05, 4.69) is 17.2 Å². The molecule has 1 saturated heterocycles. The second kappa shape index (κ2) is 10.7. The average molecular weight is 413 g/mol. The molecule has 0 aliphatic carbocycles. The fourth-order valence-corrected chi connectivity index (χ4v) is 3.45. The van der Waals surface area contributed by atoms with Gasteiger partial charge in [-0.25, -0.2) is 9.37 Å². The zero-order valence-electron chi connectivity index (χ0n) is 17.3. The van der Waals surface area contributed by atoms with Gasteiger partial charge in [-0.2, -0.15) is 0 Å². The van der Waals surface area contributed by atoms with Gasteiger partial charge in [0.1, 0.15) is 5.82 Å². The maximum atomic E-state index is 13.0. The molecule has 1 aliphatic rings. The van der Waals surface area contributed by atoms with Crippen LogP contribution in [-0.4, -0.2) is 41.4 Å². The van der Waals surface area contributed by atoms with Crippen molar-refractivity contribution in [1.29, 1.82) is 0 Å². The first-order chi connectivity index (χ1) is 14.6. The summed E-state index contributed by atoms with van der Waals surface area (Å²) in [7, 11) is 0. The van der Waals surface area contributed by atoms with Gasteiger partial charge in [0.2, 0.25) is 11.8 Å². The standard InChI is InChI=1S/C23H28FN3O3/c1-2-3-15-30-22-19(5-4-12-25-22)16-26-21(28)17-10-13-27(14-11-17)23(29)18-6-8-20(24)9-7-18/h4-9,12,17H,2-3,10-11,13-16H2,1H3,(H,26,28). The van der Waals surface area contributed by atoms with E-state index < -0.39 is 0 Å². The molecular formula is C23H28FN3O3. The van der Waals surface area contributed by atoms with Gasteiger partial charge in [-0.1, -0.05) is 19.4 Å². The lowest BCUT2D eigenvalue weighted by Gasteiger charge is -2.31. The monoisotopic (exact) mass is 413 g/mol. The molecule has 1 aromatic heterocycles. The van der Waals surface area contributed by atoms with Crippen LogP contribution in [0.25, 0.3) is 0 Å². The molecule has 2 amide bonds. The van der Waals surface area contributed by atoms with Crippen LogP contribution >= 0.6 is 0 Å². The van der Waals surface area contributed by atoms with E-state index in [1.807, 2.05) is 12.1 Å². The van der Waals surface area contributed by atoms with Gasteiger partial charge in [-0.05, 0) is 49.6 Å². The Kier molecular flexibility index (Phi) is 7.76. The summed E-state index contributed by atoms with van der Waals surface area (Å²) in [5, 5.41) is 2.98. The van der Waals surface area contributed by atoms with Crippen LogP contribution in [0.1, 0.15) is 48.5 Å². The van der Waals surface area contributed by atoms with Gasteiger partial charge < -0.3 is 15.0 Å². The Balaban J connectivity index is 1.48. The quantitative estimate of drug-likeness (QED) is 0.672. The van der Waals surface area contributed by atoms with Crippen LogP contribution in [0.3, 0.4) is 0 Å². The highest BCUT2D eigenvalue weighted by atomic mass is 19.1. The SMILES string of the molecule is CCCCOc1ncccc1CNC(=O)C1CCN(C(=O)c2ccc(F)cc2)CC1. The molecule has 3 rings (SSSR count). The van der Waals surface area contributed by atoms with Crippen molar-refractivity contribution in [2.75, 3.05) is 19.7 Å². The Morgan fingerprint density at radius 1 is 1.20 bits per heavy atom. The summed E-state index contributed by atoms with van der Waals surface area (Å²) in [6.07, 6.45) is 4.89. The Morgan fingerprint density at radius 3 is 2.63 bits per heavy atom. The van der Waals surface area contributed by atoms with E-state index in [0.717, 1.165) is 18.4 Å². The maximum Gasteiger partial charge on any atom is 0.253 e. The van der Waals surface area contributed by atoms with Crippen LogP contribution in [0.4, 0.5) is 4.39 Å². The molecule has 0 radical (unpaired) electrons. The number of nitrogens with one attached hydrogen (secondary N) is 1. The predicted octanol–water partition coefficient (Wildman–Crippen LogP) is 3.57. The summed E-state index contributed by atoms with van der Waals surface area (Å²) in [5.74, 6) is -0.0887. The number of rotatable bonds is 8. The molecule has 30 heavy (non-hydrogen) atoms. The third kappa shape index (κ3) is 5.78. The number of amides is 2. The second-order valence-electron chi connectivity index (χ2n) is 7.46. The first-order valence-corrected chi connectivity index (χ1v) is 10.5. The molecule has 2 heterocycles. The van der Waals surface area contributed by atoms with Crippen LogP contribution in [0.5, 0.6) is 5.88 Å². The number of halogens is 1. The maximum absolute atomic E-state index is 13.0. The number of nitrogens with zero attached hydrogens (tertiary/aromatic N) is 2. The van der Waals surface area contributed by atoms with E-state index in [-0.39, 0.29) is 23.5 Å². The molecule has 1 N–H and O–H groups in total. The first-order valence-electron chi connectivity index (χ1n) is 10.5. The summed E-state index contributed by atoms with van der Waals surface area (Å²) < 4.78 is 18.8. The Hall–Kier alpha value is -2.96. The number of hydrogen-bond donors (Lipinski definition) is 1. The molecule has 1 aliphatic heterocycles. The van der Waals surface area contributed by atoms with Crippen molar-refractivity contribution in [3.63, 3.8) is 0 Å². The Bertz CT molecular complexity index is 849. The smallest absolute Gasteiger partial charge is 0.253 e. The van der Waals surface area contributed by atoms with E-state index in [1.165, 1.54) is 24.3 Å². The second-order valence-corrected chi connectivity index (χ2v) is 7.46. The lowest BCUT2D eigenvalue weighted by atomic mass is 9.95. The minimum atomic E-state index is -0.366. The van der Waals surface area contributed by atoms with Gasteiger partial charge in [-0.3, -0.25) is 9.59 Å². The van der Waals surface area contributed by atoms with Gasteiger partial charge in [-0.15, -0.1) is 0 Å². The van der Waals surface area contributed by atoms with Crippen LogP contribution < -0.4 is 10.1 Å². The zero-order valence-corrected chi connectivity index (χ0v) is 17.3. The van der Waals surface area contributed by atoms with Gasteiger partial charge in [0.15, 0.2) is 0 Å². The van der Waals surface area contributed by atoms with Gasteiger partial charge in [0.05, 0.1) is 6.61 Å². The number of pyridine rings is 1. The van der Waals surface area contributed by atoms with Crippen LogP contribution in [-0.2, 0) is 11.3 Å². The molecule has 0 atom stereocenters. The van der Waals surface area contributed by atoms with Crippen molar-refractivity contribution in [2.24, 2.45) is 5.92 Å². The topological polar surface area (TPSA) is 71.5 Å². The number of unbranched alkanes of at least 4 members (excludes halogenated alkanes) is 1. The molecule has 0 spiro atoms. The molecule has 2 aromatic rings. The van der Waals surface area contributed by atoms with E-state index >= 15 is 0 Å². The summed E-state index contributed by atoms with van der Waals surface area (Å²) in [6.45, 7) is 4.08. The third-order valence-corrected chi connectivity index (χ3v) is 5.28. The minimum absolute atomic E-state index is 0.0211. The third-order valence-electron chi connectivity index (χ3n) is 5.28. The van der Waals surface area contributed by atoms with E-state index in [1.54, 1.807) is 11.1 Å². The van der Waals surface area contributed by atoms with Crippen LogP contribution in [0, 0.1) is 11.7 Å². The van der Waals surface area contributed by atoms with Gasteiger partial charge in [0.25, 0.3) is 5.91 Å². The molecule has 0 saturated carbocycles. The average Bonchev–Trinajstić information content (AvgIpc) is 2.78. The highest BCUT2D eigenvalue weighted by molar-refractivity contribution is 5.94. The first kappa shape index (κ1) is 21.7. The fourth-order valence-electron chi connectivity index (χ4n) is 3.45. The number of carbonyl (C=O) groups excluding carboxylic acids is 2. The molecular weight excluding hydrogens is 385 g/mol. The molecule has 1 aromatic carbocycles. The largest absolute Gasteiger partial charge is 0.477 e. The number of ether oxygens (including phenoxy) is 1. The number of hydrogen-bond acceptors (Lipinski definition) is 4. The number of likely N-dealkylation sites (tertiary alicyclic amines) is 1. The summed E-state index contributed by atoms with van der Waals surface area (Å²) >= 11 is 0. The Morgan fingerprint density at radius 2 is 1.93 bits per heavy atom. The highest BCUT2D eigenvalue weighted by Gasteiger charge is 2.27. The van der Waals surface area contributed by atoms with E-state index in [0.29, 0.717) is 50.5 Å². The molecule has 160 valence electrons. The lowest BCUT2D eigenvalue weighted by Crippen LogP contribution is -2.43. The number of carbonyl (C=O) groups is 2. The molecule has 6 nitrogen and oxygen atoms in total. The Labute approximate surface area is 176 Å². The van der Waals surface area contributed by atoms with E-state index in [9.17, 15) is 14.0 Å². The highest BCUT2D eigenvalue weighted by Crippen LogP contribution is 2.20. The summed E-state index contributed by atoms with van der Waals surface area (Å²) in [4.78, 5) is 31.1. The number of benzene rings is 1. The van der Waals surface area contributed by atoms with Gasteiger partial charge in [0, 0.05) is 42.9 Å². The van der Waals surface area contributed by atoms with Crippen molar-refractivity contribution in [3.05, 3.63) is 59.5 Å². The van der Waals surface area contributed by atoms with Crippen molar-refractivity contribution in [2.45, 2.75) is 39.2 Å². The van der Waals surface area contributed by atoms with Crippen LogP contribution in [0.2, 0.25) is 0 Å². The lowest BCUT2D eigenvalue weighted by molar-refractivity contribution is -0.126. The summed E-state index contributed by atoms with van der Waals surface area (Å²) in [6, 6.07) is 9.28. The normalized spacial score (nSPS) is 14.4. The van der Waals surface area contributed by atoms with Gasteiger partial charge >= 0.3 is 0 Å². The zero-order chi connectivity index (χ0) is 21.3. The molecule has 7 heteroatoms. The van der Waals surface area contributed by atoms with E-state index in [4.69, 9.17) is 4.74 Å².